The van der Waals surface area contributed by atoms with Crippen molar-refractivity contribution >= 4 is 18.4 Å². The molecular weight excluding hydrogens is 201 g/mol. The van der Waals surface area contributed by atoms with Crippen molar-refractivity contribution in [3.63, 3.8) is 0 Å². The molecule has 0 aliphatic heterocycles. The molecule has 0 aromatic heterocycles. The fourth-order valence-electron chi connectivity index (χ4n) is 1.01. The molecule has 0 aromatic rings. The summed E-state index contributed by atoms with van der Waals surface area (Å²) in [5.41, 5.74) is -2.24. The fraction of sp³-hybridized carbons (Fsp3) is 0.625. The molecule has 0 rings (SSSR count). The van der Waals surface area contributed by atoms with Crippen molar-refractivity contribution in [3.8, 4) is 0 Å². The summed E-state index contributed by atoms with van der Waals surface area (Å²) < 4.78 is 36.1. The van der Waals surface area contributed by atoms with Gasteiger partial charge < -0.3 is 9.59 Å². The molecule has 0 aliphatic rings. The van der Waals surface area contributed by atoms with E-state index in [0.29, 0.717) is 0 Å². The second kappa shape index (κ2) is 4.34. The van der Waals surface area contributed by atoms with Crippen molar-refractivity contribution in [1.82, 2.24) is 0 Å². The fourth-order valence-corrected chi connectivity index (χ4v) is 1.01. The molecule has 0 amide bonds. The van der Waals surface area contributed by atoms with E-state index in [0.717, 1.165) is 0 Å². The summed E-state index contributed by atoms with van der Waals surface area (Å²) in [5.74, 6) is -2.16. The largest absolute Gasteiger partial charge is 0.451 e. The molecule has 0 aliphatic carbocycles. The molecule has 0 aromatic carbocycles. The van der Waals surface area contributed by atoms with Crippen LogP contribution in [0.25, 0.3) is 0 Å². The van der Waals surface area contributed by atoms with Crippen LogP contribution in [0, 0.1) is 5.41 Å². The molecule has 0 radical (unpaired) electrons. The van der Waals surface area contributed by atoms with Gasteiger partial charge in [0.1, 0.15) is 18.0 Å². The topological polar surface area (TPSA) is 51.2 Å². The zero-order valence-electron chi connectivity index (χ0n) is 7.43. The lowest BCUT2D eigenvalue weighted by Gasteiger charge is -2.23. The molecule has 1 atom stereocenters. The Bertz CT molecular complexity index is 247. The highest BCUT2D eigenvalue weighted by Crippen LogP contribution is 2.33. The summed E-state index contributed by atoms with van der Waals surface area (Å²) in [6, 6.07) is 0. The van der Waals surface area contributed by atoms with Crippen molar-refractivity contribution in [2.24, 2.45) is 5.41 Å². The molecule has 0 saturated heterocycles. The summed E-state index contributed by atoms with van der Waals surface area (Å²) in [6.45, 7) is 1.25. The van der Waals surface area contributed by atoms with Gasteiger partial charge in [0.05, 0.1) is 0 Å². The highest BCUT2D eigenvalue weighted by Gasteiger charge is 2.51. The molecule has 14 heavy (non-hydrogen) atoms. The van der Waals surface area contributed by atoms with Gasteiger partial charge in [0, 0.05) is 6.42 Å². The lowest BCUT2D eigenvalue weighted by molar-refractivity contribution is -0.182. The van der Waals surface area contributed by atoms with Gasteiger partial charge in [-0.05, 0) is 6.42 Å². The molecule has 0 bridgehead atoms. The third kappa shape index (κ3) is 2.40. The number of carbonyl (C=O) groups excluding carboxylic acids is 3. The molecule has 0 spiro atoms. The first kappa shape index (κ1) is 12.8. The minimum Gasteiger partial charge on any atom is -0.303 e. The Morgan fingerprint density at radius 2 is 1.79 bits per heavy atom. The van der Waals surface area contributed by atoms with E-state index < -0.39 is 23.8 Å². The highest BCUT2D eigenvalue weighted by atomic mass is 19.4. The zero-order valence-corrected chi connectivity index (χ0v) is 7.43. The van der Waals surface area contributed by atoms with Crippen LogP contribution < -0.4 is 0 Å². The van der Waals surface area contributed by atoms with E-state index in [1.807, 2.05) is 0 Å². The van der Waals surface area contributed by atoms with E-state index in [1.54, 1.807) is 0 Å². The third-order valence-electron chi connectivity index (χ3n) is 2.01. The van der Waals surface area contributed by atoms with E-state index >= 15 is 0 Å². The van der Waals surface area contributed by atoms with Crippen molar-refractivity contribution in [1.29, 1.82) is 0 Å². The van der Waals surface area contributed by atoms with E-state index in [1.165, 1.54) is 6.92 Å². The Labute approximate surface area is 78.3 Å². The SMILES string of the molecule is CCC(C=O)(CC=O)C(=O)C(F)(F)F. The number of aldehydes is 2. The van der Waals surface area contributed by atoms with Gasteiger partial charge in [-0.2, -0.15) is 13.2 Å². The summed E-state index contributed by atoms with van der Waals surface area (Å²) in [4.78, 5) is 31.4. The standard InChI is InChI=1S/C8H9F3O3/c1-2-7(5-13,3-4-12)6(14)8(9,10)11/h4-5H,2-3H2,1H3. The number of Topliss-reactive ketones (excluding diaryl/α,β-unsaturated/α-hetero) is 1. The van der Waals surface area contributed by atoms with Gasteiger partial charge in [0.25, 0.3) is 0 Å². The average molecular weight is 210 g/mol. The summed E-state index contributed by atoms with van der Waals surface area (Å²) in [5, 5.41) is 0. The first-order valence-corrected chi connectivity index (χ1v) is 3.85. The second-order valence-corrected chi connectivity index (χ2v) is 2.83. The summed E-state index contributed by atoms with van der Waals surface area (Å²) >= 11 is 0. The number of hydrogen-bond donors (Lipinski definition) is 0. The maximum absolute atomic E-state index is 12.0. The van der Waals surface area contributed by atoms with Crippen LogP contribution in [0.1, 0.15) is 19.8 Å². The van der Waals surface area contributed by atoms with Gasteiger partial charge >= 0.3 is 6.18 Å². The van der Waals surface area contributed by atoms with Crippen molar-refractivity contribution in [2.45, 2.75) is 25.9 Å². The number of hydrogen-bond acceptors (Lipinski definition) is 3. The molecule has 0 saturated carbocycles. The second-order valence-electron chi connectivity index (χ2n) is 2.83. The Balaban J connectivity index is 5.09. The number of carbonyl (C=O) groups is 3. The van der Waals surface area contributed by atoms with Crippen LogP contribution in [0.2, 0.25) is 0 Å². The number of rotatable bonds is 5. The number of alkyl halides is 3. The van der Waals surface area contributed by atoms with Gasteiger partial charge in [0.15, 0.2) is 0 Å². The molecule has 0 N–H and O–H groups in total. The maximum atomic E-state index is 12.0. The number of ketones is 1. The lowest BCUT2D eigenvalue weighted by Crippen LogP contribution is -2.42. The van der Waals surface area contributed by atoms with E-state index in [-0.39, 0.29) is 19.0 Å². The molecule has 0 heterocycles. The Kier molecular flexibility index (Phi) is 3.97. The van der Waals surface area contributed by atoms with E-state index in [4.69, 9.17) is 0 Å². The van der Waals surface area contributed by atoms with Gasteiger partial charge in [-0.3, -0.25) is 4.79 Å². The van der Waals surface area contributed by atoms with Gasteiger partial charge in [-0.1, -0.05) is 6.92 Å². The van der Waals surface area contributed by atoms with E-state index in [9.17, 15) is 27.6 Å². The van der Waals surface area contributed by atoms with Crippen LogP contribution in [0.5, 0.6) is 0 Å². The normalized spacial score (nSPS) is 15.7. The van der Waals surface area contributed by atoms with Crippen LogP contribution in [-0.2, 0) is 14.4 Å². The predicted octanol–water partition coefficient (Wildman–Crippen LogP) is 1.30. The van der Waals surface area contributed by atoms with Crippen molar-refractivity contribution < 1.29 is 27.6 Å². The number of halogens is 3. The van der Waals surface area contributed by atoms with Gasteiger partial charge in [0.2, 0.25) is 5.78 Å². The smallest absolute Gasteiger partial charge is 0.303 e. The van der Waals surface area contributed by atoms with Crippen LogP contribution in [0.4, 0.5) is 13.2 Å². The maximum Gasteiger partial charge on any atom is 0.451 e. The Morgan fingerprint density at radius 3 is 2.00 bits per heavy atom. The molecular formula is C8H9F3O3. The van der Waals surface area contributed by atoms with Crippen LogP contribution in [0.15, 0.2) is 0 Å². The molecule has 3 nitrogen and oxygen atoms in total. The quantitative estimate of drug-likeness (QED) is 0.507. The minimum absolute atomic E-state index is 0.1000. The Hall–Kier alpha value is -1.20. The molecule has 1 unspecified atom stereocenters. The average Bonchev–Trinajstić information content (AvgIpc) is 2.12. The monoisotopic (exact) mass is 210 g/mol. The Morgan fingerprint density at radius 1 is 1.29 bits per heavy atom. The van der Waals surface area contributed by atoms with E-state index in [2.05, 4.69) is 0 Å². The van der Waals surface area contributed by atoms with Crippen LogP contribution in [0.3, 0.4) is 0 Å². The van der Waals surface area contributed by atoms with Crippen molar-refractivity contribution in [3.05, 3.63) is 0 Å². The predicted molar refractivity (Wildman–Crippen MR) is 40.5 cm³/mol. The molecule has 6 heteroatoms. The highest BCUT2D eigenvalue weighted by molar-refractivity contribution is 6.02. The van der Waals surface area contributed by atoms with Crippen molar-refractivity contribution in [2.75, 3.05) is 0 Å². The lowest BCUT2D eigenvalue weighted by atomic mass is 9.79. The van der Waals surface area contributed by atoms with Crippen LogP contribution >= 0.6 is 0 Å². The summed E-state index contributed by atoms with van der Waals surface area (Å²) in [7, 11) is 0. The summed E-state index contributed by atoms with van der Waals surface area (Å²) in [6.07, 6.45) is -6.11. The van der Waals surface area contributed by atoms with Crippen LogP contribution in [-0.4, -0.2) is 24.5 Å². The first-order valence-electron chi connectivity index (χ1n) is 3.85. The van der Waals surface area contributed by atoms with Gasteiger partial charge in [-0.25, -0.2) is 0 Å². The zero-order chi connectivity index (χ0) is 11.4. The molecule has 80 valence electrons. The van der Waals surface area contributed by atoms with Gasteiger partial charge in [-0.15, -0.1) is 0 Å². The third-order valence-corrected chi connectivity index (χ3v) is 2.01. The first-order chi connectivity index (χ1) is 6.34. The molecule has 0 fully saturated rings. The minimum atomic E-state index is -5.08.